The fourth-order valence-corrected chi connectivity index (χ4v) is 3.95. The van der Waals surface area contributed by atoms with Crippen LogP contribution in [0.3, 0.4) is 0 Å². The Balaban J connectivity index is 0.00000225. The highest BCUT2D eigenvalue weighted by Crippen LogP contribution is 2.33. The number of hydrogen-bond acceptors (Lipinski definition) is 4. The van der Waals surface area contributed by atoms with Gasteiger partial charge in [-0.1, -0.05) is 17.7 Å². The van der Waals surface area contributed by atoms with Crippen LogP contribution in [0.15, 0.2) is 53.4 Å². The first-order valence-electron chi connectivity index (χ1n) is 7.74. The van der Waals surface area contributed by atoms with Gasteiger partial charge in [-0.3, -0.25) is 0 Å². The fourth-order valence-electron chi connectivity index (χ4n) is 2.46. The van der Waals surface area contributed by atoms with Crippen molar-refractivity contribution in [2.45, 2.75) is 23.8 Å². The molecule has 5 nitrogen and oxygen atoms in total. The largest absolute Gasteiger partial charge is 0.457 e. The van der Waals surface area contributed by atoms with E-state index in [-0.39, 0.29) is 23.3 Å². The van der Waals surface area contributed by atoms with Crippen LogP contribution in [0.4, 0.5) is 0 Å². The van der Waals surface area contributed by atoms with E-state index in [1.807, 2.05) is 0 Å². The normalized spacial score (nSPS) is 15.3. The highest BCUT2D eigenvalue weighted by molar-refractivity contribution is 7.89. The molecule has 0 bridgehead atoms. The topological polar surface area (TPSA) is 81.4 Å². The monoisotopic (exact) mass is 402 g/mol. The van der Waals surface area contributed by atoms with Crippen LogP contribution in [0.25, 0.3) is 0 Å². The Morgan fingerprint density at radius 2 is 1.84 bits per heavy atom. The number of benzene rings is 2. The summed E-state index contributed by atoms with van der Waals surface area (Å²) < 4.78 is 33.2. The summed E-state index contributed by atoms with van der Waals surface area (Å²) in [6.45, 7) is 0.305. The van der Waals surface area contributed by atoms with Crippen LogP contribution >= 0.6 is 24.0 Å². The second-order valence-electron chi connectivity index (χ2n) is 5.83. The molecule has 0 amide bonds. The van der Waals surface area contributed by atoms with Crippen LogP contribution in [-0.4, -0.2) is 21.0 Å². The third-order valence-electron chi connectivity index (χ3n) is 3.92. The smallest absolute Gasteiger partial charge is 0.240 e. The van der Waals surface area contributed by atoms with Gasteiger partial charge in [-0.15, -0.1) is 12.4 Å². The van der Waals surface area contributed by atoms with Gasteiger partial charge < -0.3 is 10.5 Å². The standard InChI is InChI=1S/C17H19ClN2O3S.ClH/c18-13-2-1-3-15(10-13)23-14-6-8-16(9-7-14)24(21,22)20-17(11-19)12-4-5-12;/h1-3,6-10,12,17,20H,4-5,11,19H2;1H. The number of ether oxygens (including phenoxy) is 1. The van der Waals surface area contributed by atoms with Crippen molar-refractivity contribution in [2.24, 2.45) is 11.7 Å². The first kappa shape index (κ1) is 20.0. The zero-order valence-electron chi connectivity index (χ0n) is 13.4. The third-order valence-corrected chi connectivity index (χ3v) is 5.66. The number of nitrogens with one attached hydrogen (secondary N) is 1. The summed E-state index contributed by atoms with van der Waals surface area (Å²) in [6.07, 6.45) is 2.05. The van der Waals surface area contributed by atoms with Gasteiger partial charge in [0.1, 0.15) is 11.5 Å². The van der Waals surface area contributed by atoms with Crippen molar-refractivity contribution < 1.29 is 13.2 Å². The van der Waals surface area contributed by atoms with Gasteiger partial charge >= 0.3 is 0 Å². The summed E-state index contributed by atoms with van der Waals surface area (Å²) in [5.41, 5.74) is 5.66. The number of sulfonamides is 1. The van der Waals surface area contributed by atoms with Crippen molar-refractivity contribution in [2.75, 3.05) is 6.54 Å². The summed E-state index contributed by atoms with van der Waals surface area (Å²) >= 11 is 5.91. The molecule has 1 aliphatic carbocycles. The lowest BCUT2D eigenvalue weighted by molar-refractivity contribution is 0.482. The van der Waals surface area contributed by atoms with Crippen molar-refractivity contribution >= 4 is 34.0 Å². The van der Waals surface area contributed by atoms with Crippen molar-refractivity contribution in [1.29, 1.82) is 0 Å². The predicted octanol–water partition coefficient (Wildman–Crippen LogP) is 3.57. The summed E-state index contributed by atoms with van der Waals surface area (Å²) in [6, 6.07) is 13.1. The van der Waals surface area contributed by atoms with E-state index in [0.29, 0.717) is 29.0 Å². The maximum atomic E-state index is 12.4. The Morgan fingerprint density at radius 3 is 2.40 bits per heavy atom. The number of halogens is 2. The number of hydrogen-bond donors (Lipinski definition) is 2. The van der Waals surface area contributed by atoms with Crippen LogP contribution in [0.2, 0.25) is 5.02 Å². The Labute approximate surface area is 159 Å². The van der Waals surface area contributed by atoms with Crippen molar-refractivity contribution in [3.8, 4) is 11.5 Å². The van der Waals surface area contributed by atoms with Gasteiger partial charge in [0.25, 0.3) is 0 Å². The van der Waals surface area contributed by atoms with Crippen LogP contribution in [0.1, 0.15) is 12.8 Å². The molecular weight excluding hydrogens is 383 g/mol. The summed E-state index contributed by atoms with van der Waals surface area (Å²) in [5.74, 6) is 1.48. The molecule has 3 N–H and O–H groups in total. The molecule has 2 aromatic rings. The average Bonchev–Trinajstić information content (AvgIpc) is 3.38. The maximum absolute atomic E-state index is 12.4. The van der Waals surface area contributed by atoms with Crippen molar-refractivity contribution in [3.05, 3.63) is 53.6 Å². The Morgan fingerprint density at radius 1 is 1.16 bits per heavy atom. The second-order valence-corrected chi connectivity index (χ2v) is 7.98. The molecule has 0 spiro atoms. The van der Waals surface area contributed by atoms with Gasteiger partial charge in [-0.2, -0.15) is 0 Å². The molecule has 1 saturated carbocycles. The minimum atomic E-state index is -3.58. The van der Waals surface area contributed by atoms with E-state index in [9.17, 15) is 8.42 Å². The molecule has 0 saturated heterocycles. The first-order valence-corrected chi connectivity index (χ1v) is 9.60. The summed E-state index contributed by atoms with van der Waals surface area (Å²) in [7, 11) is -3.58. The Hall–Kier alpha value is -1.31. The molecule has 1 unspecified atom stereocenters. The van der Waals surface area contributed by atoms with Crippen molar-refractivity contribution in [1.82, 2.24) is 4.72 Å². The first-order chi connectivity index (χ1) is 11.5. The molecular formula is C17H20Cl2N2O3S. The summed E-state index contributed by atoms with van der Waals surface area (Å²) in [5, 5.41) is 0.573. The number of rotatable bonds is 7. The molecule has 2 aromatic carbocycles. The van der Waals surface area contributed by atoms with Gasteiger partial charge in [0.15, 0.2) is 0 Å². The zero-order valence-corrected chi connectivity index (χ0v) is 15.8. The lowest BCUT2D eigenvalue weighted by Crippen LogP contribution is -2.41. The number of nitrogens with two attached hydrogens (primary N) is 1. The van der Waals surface area contributed by atoms with Crippen LogP contribution in [0, 0.1) is 5.92 Å². The molecule has 3 rings (SSSR count). The van der Waals surface area contributed by atoms with Gasteiger partial charge in [0.2, 0.25) is 10.0 Å². The van der Waals surface area contributed by atoms with E-state index < -0.39 is 10.0 Å². The average molecular weight is 403 g/mol. The van der Waals surface area contributed by atoms with Gasteiger partial charge in [-0.05, 0) is 61.2 Å². The van der Waals surface area contributed by atoms with Gasteiger partial charge in [0.05, 0.1) is 4.90 Å². The van der Waals surface area contributed by atoms with Crippen LogP contribution in [-0.2, 0) is 10.0 Å². The molecule has 136 valence electrons. The van der Waals surface area contributed by atoms with E-state index >= 15 is 0 Å². The molecule has 0 radical (unpaired) electrons. The predicted molar refractivity (Wildman–Crippen MR) is 101 cm³/mol. The van der Waals surface area contributed by atoms with E-state index in [1.165, 1.54) is 12.1 Å². The minimum Gasteiger partial charge on any atom is -0.457 e. The molecule has 1 fully saturated rings. The molecule has 25 heavy (non-hydrogen) atoms. The Bertz CT molecular complexity index is 809. The van der Waals surface area contributed by atoms with Crippen LogP contribution < -0.4 is 15.2 Å². The zero-order chi connectivity index (χ0) is 17.2. The molecule has 8 heteroatoms. The Kier molecular flexibility index (Phi) is 6.71. The lowest BCUT2D eigenvalue weighted by atomic mass is 10.2. The maximum Gasteiger partial charge on any atom is 0.240 e. The third kappa shape index (κ3) is 5.33. The van der Waals surface area contributed by atoms with Gasteiger partial charge in [-0.25, -0.2) is 13.1 Å². The van der Waals surface area contributed by atoms with E-state index in [0.717, 1.165) is 12.8 Å². The van der Waals surface area contributed by atoms with Gasteiger partial charge in [0, 0.05) is 17.6 Å². The molecule has 0 aromatic heterocycles. The molecule has 1 atom stereocenters. The van der Waals surface area contributed by atoms with E-state index in [2.05, 4.69) is 4.72 Å². The van der Waals surface area contributed by atoms with Crippen molar-refractivity contribution in [3.63, 3.8) is 0 Å². The lowest BCUT2D eigenvalue weighted by Gasteiger charge is -2.16. The molecule has 0 heterocycles. The fraction of sp³-hybridized carbons (Fsp3) is 0.294. The molecule has 0 aliphatic heterocycles. The molecule has 1 aliphatic rings. The minimum absolute atomic E-state index is 0. The van der Waals surface area contributed by atoms with E-state index in [1.54, 1.807) is 36.4 Å². The highest BCUT2D eigenvalue weighted by atomic mass is 35.5. The summed E-state index contributed by atoms with van der Waals surface area (Å²) in [4.78, 5) is 0.194. The highest BCUT2D eigenvalue weighted by Gasteiger charge is 2.33. The van der Waals surface area contributed by atoms with Crippen LogP contribution in [0.5, 0.6) is 11.5 Å². The van der Waals surface area contributed by atoms with E-state index in [4.69, 9.17) is 22.1 Å². The second kappa shape index (κ2) is 8.38. The SMILES string of the molecule is Cl.NCC(NS(=O)(=O)c1ccc(Oc2cccc(Cl)c2)cc1)C1CC1. The quantitative estimate of drug-likeness (QED) is 0.741.